The Bertz CT molecular complexity index is 841. The molecule has 0 saturated carbocycles. The van der Waals surface area contributed by atoms with Crippen LogP contribution >= 0.6 is 0 Å². The van der Waals surface area contributed by atoms with Gasteiger partial charge >= 0.3 is 0 Å². The molecule has 4 heteroatoms. The van der Waals surface area contributed by atoms with Crippen LogP contribution in [-0.4, -0.2) is 30.4 Å². The molecule has 1 atom stereocenters. The highest BCUT2D eigenvalue weighted by Gasteiger charge is 2.54. The number of rotatable bonds is 5. The first-order chi connectivity index (χ1) is 14.1. The van der Waals surface area contributed by atoms with Crippen molar-refractivity contribution < 1.29 is 9.18 Å². The lowest BCUT2D eigenvalue weighted by Crippen LogP contribution is -2.63. The van der Waals surface area contributed by atoms with Gasteiger partial charge in [-0.15, -0.1) is 0 Å². The van der Waals surface area contributed by atoms with Crippen molar-refractivity contribution in [1.82, 2.24) is 4.90 Å². The van der Waals surface area contributed by atoms with Gasteiger partial charge in [-0.1, -0.05) is 50.2 Å². The monoisotopic (exact) mass is 394 g/mol. The zero-order valence-corrected chi connectivity index (χ0v) is 17.5. The Morgan fingerprint density at radius 2 is 1.76 bits per heavy atom. The summed E-state index contributed by atoms with van der Waals surface area (Å²) in [4.78, 5) is 17.2. The molecule has 2 aliphatic heterocycles. The fourth-order valence-electron chi connectivity index (χ4n) is 5.30. The van der Waals surface area contributed by atoms with Gasteiger partial charge in [0.25, 0.3) is 0 Å². The number of piperidine rings is 1. The number of benzene rings is 2. The fraction of sp³-hybridized carbons (Fsp3) is 0.480. The molecule has 0 aliphatic carbocycles. The lowest BCUT2D eigenvalue weighted by atomic mass is 9.63. The molecule has 3 nitrogen and oxygen atoms in total. The topological polar surface area (TPSA) is 23.6 Å². The predicted octanol–water partition coefficient (Wildman–Crippen LogP) is 5.43. The van der Waals surface area contributed by atoms with Crippen molar-refractivity contribution in [1.29, 1.82) is 0 Å². The van der Waals surface area contributed by atoms with E-state index in [2.05, 4.69) is 47.9 Å². The summed E-state index contributed by atoms with van der Waals surface area (Å²) in [6.45, 7) is 6.78. The Balaban J connectivity index is 1.55. The average Bonchev–Trinajstić information content (AvgIpc) is 2.74. The van der Waals surface area contributed by atoms with Gasteiger partial charge in [0.1, 0.15) is 5.82 Å². The largest absolute Gasteiger partial charge is 0.363 e. The van der Waals surface area contributed by atoms with Crippen LogP contribution < -0.4 is 4.90 Å². The second-order valence-electron chi connectivity index (χ2n) is 8.62. The van der Waals surface area contributed by atoms with Crippen LogP contribution in [0.1, 0.15) is 51.1 Å². The Hall–Kier alpha value is -2.36. The normalized spacial score (nSPS) is 20.8. The zero-order chi connectivity index (χ0) is 20.4. The number of nitrogens with zero attached hydrogens (tertiary/aromatic N) is 2. The van der Waals surface area contributed by atoms with Crippen molar-refractivity contribution in [3.8, 4) is 0 Å². The number of likely N-dealkylation sites (tertiary alicyclic amines) is 1. The fourth-order valence-corrected chi connectivity index (χ4v) is 5.30. The second kappa shape index (κ2) is 8.17. The summed E-state index contributed by atoms with van der Waals surface area (Å²) >= 11 is 0. The molecule has 154 valence electrons. The van der Waals surface area contributed by atoms with Crippen LogP contribution in [0.15, 0.2) is 54.6 Å². The number of amides is 1. The highest BCUT2D eigenvalue weighted by atomic mass is 19.1. The quantitative estimate of drug-likeness (QED) is 0.675. The van der Waals surface area contributed by atoms with Gasteiger partial charge in [0, 0.05) is 36.7 Å². The van der Waals surface area contributed by atoms with E-state index >= 15 is 0 Å². The van der Waals surface area contributed by atoms with Crippen molar-refractivity contribution in [3.05, 3.63) is 66.0 Å². The minimum atomic E-state index is -0.194. The standard InChI is InChI=1S/C25H31FN2O/c1-3-19(4-2)24(29)27-15-13-25(14-16-27)18-28(22-12-8-11-21(26)17-22)23(25)20-9-6-5-7-10-20/h5-12,17,19,23H,3-4,13-16,18H2,1-2H3. The maximum absolute atomic E-state index is 13.9. The molecule has 2 aliphatic rings. The maximum atomic E-state index is 13.9. The maximum Gasteiger partial charge on any atom is 0.225 e. The number of halogens is 1. The number of carbonyl (C=O) groups is 1. The molecule has 0 bridgehead atoms. The lowest BCUT2D eigenvalue weighted by molar-refractivity contribution is -0.139. The summed E-state index contributed by atoms with van der Waals surface area (Å²) < 4.78 is 13.9. The summed E-state index contributed by atoms with van der Waals surface area (Å²) in [6, 6.07) is 17.7. The first-order valence-corrected chi connectivity index (χ1v) is 10.9. The van der Waals surface area contributed by atoms with Gasteiger partial charge in [0.15, 0.2) is 0 Å². The van der Waals surface area contributed by atoms with Gasteiger partial charge < -0.3 is 9.80 Å². The first-order valence-electron chi connectivity index (χ1n) is 10.9. The molecule has 2 aromatic rings. The van der Waals surface area contributed by atoms with Crippen LogP contribution in [0.5, 0.6) is 0 Å². The van der Waals surface area contributed by atoms with Gasteiger partial charge in [-0.2, -0.15) is 0 Å². The third kappa shape index (κ3) is 3.65. The van der Waals surface area contributed by atoms with E-state index in [1.54, 1.807) is 12.1 Å². The van der Waals surface area contributed by atoms with Crippen molar-refractivity contribution in [2.24, 2.45) is 11.3 Å². The van der Waals surface area contributed by atoms with Gasteiger partial charge in [0.05, 0.1) is 6.04 Å². The number of carbonyl (C=O) groups excluding carboxylic acids is 1. The van der Waals surface area contributed by atoms with Gasteiger partial charge in [-0.25, -0.2) is 4.39 Å². The molecule has 2 aromatic carbocycles. The molecule has 0 aromatic heterocycles. The molecule has 1 unspecified atom stereocenters. The summed E-state index contributed by atoms with van der Waals surface area (Å²) in [6.07, 6.45) is 3.84. The van der Waals surface area contributed by atoms with Crippen LogP contribution in [-0.2, 0) is 4.79 Å². The van der Waals surface area contributed by atoms with Gasteiger partial charge in [-0.3, -0.25) is 4.79 Å². The van der Waals surface area contributed by atoms with Crippen LogP contribution in [0.3, 0.4) is 0 Å². The number of hydrogen-bond acceptors (Lipinski definition) is 2. The highest BCUT2D eigenvalue weighted by Crippen LogP contribution is 2.56. The van der Waals surface area contributed by atoms with E-state index in [-0.39, 0.29) is 23.2 Å². The third-order valence-corrected chi connectivity index (χ3v) is 7.04. The summed E-state index contributed by atoms with van der Waals surface area (Å²) in [5.41, 5.74) is 2.38. The Morgan fingerprint density at radius 3 is 2.38 bits per heavy atom. The second-order valence-corrected chi connectivity index (χ2v) is 8.62. The van der Waals surface area contributed by atoms with E-state index in [9.17, 15) is 9.18 Å². The van der Waals surface area contributed by atoms with Gasteiger partial charge in [-0.05, 0) is 49.4 Å². The minimum absolute atomic E-state index is 0.151. The molecule has 2 saturated heterocycles. The summed E-state index contributed by atoms with van der Waals surface area (Å²) in [5.74, 6) is 0.280. The van der Waals surface area contributed by atoms with Crippen molar-refractivity contribution in [2.45, 2.75) is 45.6 Å². The Morgan fingerprint density at radius 1 is 1.07 bits per heavy atom. The van der Waals surface area contributed by atoms with Crippen molar-refractivity contribution in [2.75, 3.05) is 24.5 Å². The molecule has 2 fully saturated rings. The first kappa shape index (κ1) is 19.9. The van der Waals surface area contributed by atoms with E-state index < -0.39 is 0 Å². The molecule has 4 rings (SSSR count). The molecular formula is C25H31FN2O. The molecule has 1 amide bonds. The van der Waals surface area contributed by atoms with Crippen LogP contribution in [0.25, 0.3) is 0 Å². The molecule has 29 heavy (non-hydrogen) atoms. The van der Waals surface area contributed by atoms with E-state index in [4.69, 9.17) is 0 Å². The van der Waals surface area contributed by atoms with E-state index in [0.29, 0.717) is 5.91 Å². The Labute approximate surface area is 173 Å². The molecule has 0 N–H and O–H groups in total. The summed E-state index contributed by atoms with van der Waals surface area (Å²) in [7, 11) is 0. The zero-order valence-electron chi connectivity index (χ0n) is 17.5. The number of hydrogen-bond donors (Lipinski definition) is 0. The minimum Gasteiger partial charge on any atom is -0.363 e. The van der Waals surface area contributed by atoms with Crippen molar-refractivity contribution >= 4 is 11.6 Å². The van der Waals surface area contributed by atoms with E-state index in [0.717, 1.165) is 51.0 Å². The Kier molecular flexibility index (Phi) is 5.62. The SMILES string of the molecule is CCC(CC)C(=O)N1CCC2(CC1)CN(c1cccc(F)c1)C2c1ccccc1. The van der Waals surface area contributed by atoms with E-state index in [1.807, 2.05) is 12.1 Å². The average molecular weight is 395 g/mol. The van der Waals surface area contributed by atoms with Crippen LogP contribution in [0, 0.1) is 17.2 Å². The van der Waals surface area contributed by atoms with Crippen LogP contribution in [0.2, 0.25) is 0 Å². The van der Waals surface area contributed by atoms with Crippen molar-refractivity contribution in [3.63, 3.8) is 0 Å². The summed E-state index contributed by atoms with van der Waals surface area (Å²) in [5, 5.41) is 0. The molecule has 0 radical (unpaired) electrons. The molecular weight excluding hydrogens is 363 g/mol. The van der Waals surface area contributed by atoms with E-state index in [1.165, 1.54) is 11.6 Å². The molecule has 2 heterocycles. The molecule has 1 spiro atoms. The smallest absolute Gasteiger partial charge is 0.225 e. The van der Waals surface area contributed by atoms with Crippen LogP contribution in [0.4, 0.5) is 10.1 Å². The third-order valence-electron chi connectivity index (χ3n) is 7.04. The predicted molar refractivity (Wildman–Crippen MR) is 115 cm³/mol. The van der Waals surface area contributed by atoms with Gasteiger partial charge in [0.2, 0.25) is 5.91 Å². The lowest BCUT2D eigenvalue weighted by Gasteiger charge is -2.61. The highest BCUT2D eigenvalue weighted by molar-refractivity contribution is 5.79. The number of anilines is 1.